The highest BCUT2D eigenvalue weighted by Gasteiger charge is 2.37. The number of carbonyl (C=O) groups excluding carboxylic acids is 2. The molecule has 8 nitrogen and oxygen atoms in total. The van der Waals surface area contributed by atoms with Crippen molar-refractivity contribution in [1.82, 2.24) is 9.80 Å². The molecule has 2 saturated heterocycles. The van der Waals surface area contributed by atoms with Crippen molar-refractivity contribution in [3.05, 3.63) is 79.9 Å². The number of carbonyl (C=O) groups is 3. The van der Waals surface area contributed by atoms with Crippen molar-refractivity contribution in [2.75, 3.05) is 44.7 Å². The number of benzene rings is 2. The number of thiocarbonyl (C=S) groups is 1. The van der Waals surface area contributed by atoms with Crippen LogP contribution in [0.1, 0.15) is 44.8 Å². The zero-order valence-corrected chi connectivity index (χ0v) is 28.5. The molecule has 2 N–H and O–H groups in total. The summed E-state index contributed by atoms with van der Waals surface area (Å²) < 4.78 is 85.6. The van der Waals surface area contributed by atoms with Gasteiger partial charge in [-0.25, -0.2) is 4.79 Å². The van der Waals surface area contributed by atoms with Crippen LogP contribution in [0.5, 0.6) is 0 Å². The highest BCUT2D eigenvalue weighted by Crippen LogP contribution is 2.40. The minimum absolute atomic E-state index is 0.0597. The highest BCUT2D eigenvalue weighted by molar-refractivity contribution is 8.26. The second kappa shape index (κ2) is 15.6. The average molecular weight is 758 g/mol. The molecule has 1 aromatic heterocycles. The smallest absolute Gasteiger partial charge is 0.416 e. The topological polar surface area (TPSA) is 99.2 Å². The number of carboxylic acid groups (broad SMARTS) is 1. The minimum atomic E-state index is -4.99. The third-order valence-corrected chi connectivity index (χ3v) is 10.2. The fourth-order valence-electron chi connectivity index (χ4n) is 5.32. The zero-order chi connectivity index (χ0) is 36.2. The second-order valence-corrected chi connectivity index (χ2v) is 14.0. The van der Waals surface area contributed by atoms with Crippen LogP contribution in [0.15, 0.2) is 52.7 Å². The van der Waals surface area contributed by atoms with Gasteiger partial charge >= 0.3 is 18.3 Å². The predicted molar refractivity (Wildman–Crippen MR) is 182 cm³/mol. The zero-order valence-electron chi connectivity index (χ0n) is 26.0. The molecule has 0 unspecified atom stereocenters. The molecular formula is C33H29F6N3O5S3. The molecule has 0 aliphatic carbocycles. The molecular weight excluding hydrogens is 729 g/mol. The molecule has 0 spiro atoms. The van der Waals surface area contributed by atoms with Crippen molar-refractivity contribution in [1.29, 1.82) is 0 Å². The Balaban J connectivity index is 1.22. The first-order chi connectivity index (χ1) is 23.6. The van der Waals surface area contributed by atoms with Gasteiger partial charge in [0.25, 0.3) is 5.91 Å². The van der Waals surface area contributed by atoms with Gasteiger partial charge in [0, 0.05) is 36.6 Å². The third-order valence-electron chi connectivity index (χ3n) is 7.90. The SMILES string of the molecule is O=C(CCN1C(=O)/C(=C/c2cc(-c3cc(C(F)(F)F)cc(C(F)(F)F)c3)cs2)SC1=S)Nc1ccc(C(=O)O)cc1CCCN1CCOCC1. The van der Waals surface area contributed by atoms with Gasteiger partial charge in [-0.3, -0.25) is 19.4 Å². The maximum Gasteiger partial charge on any atom is 0.416 e. The number of thiophene rings is 1. The summed E-state index contributed by atoms with van der Waals surface area (Å²) in [7, 11) is 0. The lowest BCUT2D eigenvalue weighted by Crippen LogP contribution is -2.37. The number of carboxylic acids is 1. The molecule has 0 bridgehead atoms. The van der Waals surface area contributed by atoms with Crippen molar-refractivity contribution in [2.24, 2.45) is 0 Å². The maximum atomic E-state index is 13.3. The molecule has 0 atom stereocenters. The number of nitrogens with one attached hydrogen (secondary N) is 1. The minimum Gasteiger partial charge on any atom is -0.478 e. The van der Waals surface area contributed by atoms with E-state index < -0.39 is 41.3 Å². The fraction of sp³-hybridized carbons (Fsp3) is 0.333. The number of alkyl halides is 6. The van der Waals surface area contributed by atoms with E-state index >= 15 is 0 Å². The molecule has 2 fully saturated rings. The van der Waals surface area contributed by atoms with E-state index in [1.165, 1.54) is 40.6 Å². The number of morpholine rings is 1. The van der Waals surface area contributed by atoms with E-state index in [0.717, 1.165) is 49.2 Å². The van der Waals surface area contributed by atoms with Gasteiger partial charge in [0.2, 0.25) is 5.91 Å². The van der Waals surface area contributed by atoms with Crippen LogP contribution < -0.4 is 5.32 Å². The maximum absolute atomic E-state index is 13.3. The monoisotopic (exact) mass is 757 g/mol. The summed E-state index contributed by atoms with van der Waals surface area (Å²) in [5.74, 6) is -2.02. The van der Waals surface area contributed by atoms with Gasteiger partial charge in [0.1, 0.15) is 4.32 Å². The molecule has 2 aromatic carbocycles. The summed E-state index contributed by atoms with van der Waals surface area (Å²) in [6.45, 7) is 3.65. The number of nitrogens with zero attached hydrogens (tertiary/aromatic N) is 2. The molecule has 266 valence electrons. The number of hydrogen-bond acceptors (Lipinski definition) is 8. The Kier molecular flexibility index (Phi) is 11.7. The number of thioether (sulfide) groups is 1. The van der Waals surface area contributed by atoms with Crippen molar-refractivity contribution in [3.63, 3.8) is 0 Å². The number of aromatic carboxylic acids is 1. The molecule has 2 aliphatic rings. The van der Waals surface area contributed by atoms with Gasteiger partial charge in [-0.15, -0.1) is 11.3 Å². The number of halogens is 6. The lowest BCUT2D eigenvalue weighted by molar-refractivity contribution is -0.143. The highest BCUT2D eigenvalue weighted by atomic mass is 32.2. The number of ether oxygens (including phenoxy) is 1. The number of anilines is 1. The molecule has 2 aliphatic heterocycles. The quantitative estimate of drug-likeness (QED) is 0.117. The van der Waals surface area contributed by atoms with Gasteiger partial charge in [-0.2, -0.15) is 26.3 Å². The van der Waals surface area contributed by atoms with Crippen LogP contribution >= 0.6 is 35.3 Å². The van der Waals surface area contributed by atoms with E-state index in [-0.39, 0.29) is 44.9 Å². The lowest BCUT2D eigenvalue weighted by atomic mass is 10.0. The number of rotatable bonds is 11. The van der Waals surface area contributed by atoms with Crippen molar-refractivity contribution in [2.45, 2.75) is 31.6 Å². The number of aryl methyl sites for hydroxylation is 1. The fourth-order valence-corrected chi connectivity index (χ4v) is 7.55. The molecule has 17 heteroatoms. The summed E-state index contributed by atoms with van der Waals surface area (Å²) in [4.78, 5) is 41.8. The van der Waals surface area contributed by atoms with Gasteiger partial charge in [-0.05, 0) is 90.0 Å². The Morgan fingerprint density at radius 3 is 2.28 bits per heavy atom. The first kappa shape index (κ1) is 37.5. The lowest BCUT2D eigenvalue weighted by Gasteiger charge is -2.26. The van der Waals surface area contributed by atoms with Gasteiger partial charge in [0.15, 0.2) is 0 Å². The Morgan fingerprint density at radius 1 is 0.960 bits per heavy atom. The van der Waals surface area contributed by atoms with E-state index in [1.807, 2.05) is 0 Å². The first-order valence-corrected chi connectivity index (χ1v) is 17.3. The molecule has 3 aromatic rings. The van der Waals surface area contributed by atoms with E-state index in [9.17, 15) is 45.8 Å². The summed E-state index contributed by atoms with van der Waals surface area (Å²) >= 11 is 7.33. The third kappa shape index (κ3) is 9.51. The second-order valence-electron chi connectivity index (χ2n) is 11.4. The molecule has 5 rings (SSSR count). The standard InChI is InChI=1S/C33H29F6N3O5S3/c34-32(35,36)23-13-21(14-24(16-23)33(37,38)39)22-15-25(49-18-22)17-27-29(44)42(31(48)50-27)7-5-28(43)40-26-4-3-20(30(45)46)12-19(26)2-1-6-41-8-10-47-11-9-41/h3-4,12-18H,1-2,5-11H2,(H,40,43)(H,45,46)/b27-17-. The van der Waals surface area contributed by atoms with Crippen molar-refractivity contribution < 1.29 is 50.6 Å². The molecule has 3 heterocycles. The van der Waals surface area contributed by atoms with Gasteiger partial charge in [0.05, 0.1) is 34.8 Å². The Morgan fingerprint density at radius 2 is 1.64 bits per heavy atom. The van der Waals surface area contributed by atoms with Crippen LogP contribution in [0.25, 0.3) is 17.2 Å². The summed E-state index contributed by atoms with van der Waals surface area (Å²) in [6.07, 6.45) is -7.41. The van der Waals surface area contributed by atoms with Crippen LogP contribution in [0, 0.1) is 0 Å². The number of amides is 2. The largest absolute Gasteiger partial charge is 0.478 e. The summed E-state index contributed by atoms with van der Waals surface area (Å²) in [5.41, 5.74) is -1.82. The predicted octanol–water partition coefficient (Wildman–Crippen LogP) is 7.65. The molecule has 2 amide bonds. The first-order valence-electron chi connectivity index (χ1n) is 15.2. The summed E-state index contributed by atoms with van der Waals surface area (Å²) in [5, 5.41) is 13.7. The number of hydrogen-bond donors (Lipinski definition) is 2. The molecule has 0 saturated carbocycles. The van der Waals surface area contributed by atoms with E-state index in [2.05, 4.69) is 10.2 Å². The van der Waals surface area contributed by atoms with Crippen molar-refractivity contribution >= 4 is 69.2 Å². The Bertz CT molecular complexity index is 1790. The Labute approximate surface area is 296 Å². The van der Waals surface area contributed by atoms with E-state index in [4.69, 9.17) is 17.0 Å². The van der Waals surface area contributed by atoms with Gasteiger partial charge in [-0.1, -0.05) is 24.0 Å². The molecule has 50 heavy (non-hydrogen) atoms. The van der Waals surface area contributed by atoms with E-state index in [1.54, 1.807) is 0 Å². The van der Waals surface area contributed by atoms with Crippen LogP contribution in [-0.2, 0) is 33.1 Å². The van der Waals surface area contributed by atoms with Crippen LogP contribution in [0.4, 0.5) is 32.0 Å². The van der Waals surface area contributed by atoms with Crippen LogP contribution in [-0.4, -0.2) is 76.4 Å². The van der Waals surface area contributed by atoms with Crippen LogP contribution in [0.2, 0.25) is 0 Å². The van der Waals surface area contributed by atoms with Crippen molar-refractivity contribution in [3.8, 4) is 11.1 Å². The van der Waals surface area contributed by atoms with Crippen LogP contribution in [0.3, 0.4) is 0 Å². The Hall–Kier alpha value is -3.77. The van der Waals surface area contributed by atoms with Gasteiger partial charge < -0.3 is 15.2 Å². The van der Waals surface area contributed by atoms with E-state index in [0.29, 0.717) is 47.9 Å². The molecule has 0 radical (unpaired) electrons. The summed E-state index contributed by atoms with van der Waals surface area (Å²) in [6, 6.07) is 7.18. The average Bonchev–Trinajstić information content (AvgIpc) is 3.63. The normalized spacial score (nSPS) is 16.8.